The van der Waals surface area contributed by atoms with E-state index >= 15 is 0 Å². The summed E-state index contributed by atoms with van der Waals surface area (Å²) in [6.07, 6.45) is 12.5. The fourth-order valence-corrected chi connectivity index (χ4v) is 7.64. The highest BCUT2D eigenvalue weighted by Crippen LogP contribution is 2.39. The van der Waals surface area contributed by atoms with Crippen molar-refractivity contribution in [3.05, 3.63) is 81.1 Å². The van der Waals surface area contributed by atoms with Crippen LogP contribution in [0.15, 0.2) is 53.7 Å². The number of hydrogen-bond acceptors (Lipinski definition) is 6. The second kappa shape index (κ2) is 13.4. The third-order valence-corrected chi connectivity index (χ3v) is 9.84. The van der Waals surface area contributed by atoms with Gasteiger partial charge in [-0.15, -0.1) is 0 Å². The number of piperazine rings is 1. The number of benzene rings is 1. The molecule has 0 N–H and O–H groups in total. The standard InChI is InChI=1S/C34H42BrClN6O3/c1-34(2,3)45-33(44)42-17-16-40(21-29(42)32(43)41-13-5-4-6-27(41)11-14-39-15-12-37-22-39)31-28-10-9-26(36)19-23(28)7-8-24-18-25(35)20-38-30(24)31/h9-10,12,15,18-20,22,27,29,31H,4-8,11,13-14,16-17,21H2,1-3H3/t27?,29-,31?/m1/s1. The Bertz CT molecular complexity index is 1470. The minimum absolute atomic E-state index is 0.00479. The first-order valence-electron chi connectivity index (χ1n) is 16.0. The van der Waals surface area contributed by atoms with Crippen molar-refractivity contribution in [1.82, 2.24) is 29.2 Å². The highest BCUT2D eigenvalue weighted by atomic mass is 79.9. The normalized spacial score (nSPS) is 22.4. The highest BCUT2D eigenvalue weighted by molar-refractivity contribution is 9.10. The van der Waals surface area contributed by atoms with Gasteiger partial charge in [0, 0.05) is 66.9 Å². The van der Waals surface area contributed by atoms with Crippen molar-refractivity contribution in [2.45, 2.75) is 89.6 Å². The van der Waals surface area contributed by atoms with Gasteiger partial charge in [-0.05, 0) is 110 Å². The zero-order valence-corrected chi connectivity index (χ0v) is 28.6. The van der Waals surface area contributed by atoms with Crippen molar-refractivity contribution in [3.8, 4) is 0 Å². The second-order valence-electron chi connectivity index (χ2n) is 13.4. The number of fused-ring (bicyclic) bond motifs is 2. The van der Waals surface area contributed by atoms with Gasteiger partial charge in [0.25, 0.3) is 0 Å². The molecule has 45 heavy (non-hydrogen) atoms. The Morgan fingerprint density at radius 1 is 1.07 bits per heavy atom. The lowest BCUT2D eigenvalue weighted by Gasteiger charge is -2.46. The predicted octanol–water partition coefficient (Wildman–Crippen LogP) is 6.27. The van der Waals surface area contributed by atoms with Crippen molar-refractivity contribution in [3.63, 3.8) is 0 Å². The third-order valence-electron chi connectivity index (χ3n) is 9.17. The van der Waals surface area contributed by atoms with E-state index < -0.39 is 17.7 Å². The molecule has 0 spiro atoms. The van der Waals surface area contributed by atoms with Gasteiger partial charge in [-0.1, -0.05) is 17.7 Å². The Balaban J connectivity index is 1.34. The number of piperidine rings is 1. The minimum Gasteiger partial charge on any atom is -0.444 e. The van der Waals surface area contributed by atoms with Crippen molar-refractivity contribution in [2.75, 3.05) is 26.2 Å². The Morgan fingerprint density at radius 2 is 1.89 bits per heavy atom. The van der Waals surface area contributed by atoms with Gasteiger partial charge >= 0.3 is 6.09 Å². The van der Waals surface area contributed by atoms with Crippen LogP contribution < -0.4 is 0 Å². The Morgan fingerprint density at radius 3 is 2.67 bits per heavy atom. The lowest BCUT2D eigenvalue weighted by Crippen LogP contribution is -2.63. The number of hydrogen-bond donors (Lipinski definition) is 0. The van der Waals surface area contributed by atoms with E-state index in [1.807, 2.05) is 50.5 Å². The van der Waals surface area contributed by atoms with E-state index in [0.29, 0.717) is 31.2 Å². The van der Waals surface area contributed by atoms with Crippen LogP contribution in [0.4, 0.5) is 4.79 Å². The molecular formula is C34H42BrClN6O3. The fourth-order valence-electron chi connectivity index (χ4n) is 7.07. The SMILES string of the molecule is CC(C)(C)OC(=O)N1CCN(C2c3ccc(Cl)cc3CCc3cc(Br)cnc32)C[C@@H]1C(=O)N1CCCCC1CCn1ccnc1. The van der Waals surface area contributed by atoms with Gasteiger partial charge in [-0.2, -0.15) is 0 Å². The van der Waals surface area contributed by atoms with Gasteiger partial charge < -0.3 is 14.2 Å². The lowest BCUT2D eigenvalue weighted by atomic mass is 9.94. The van der Waals surface area contributed by atoms with E-state index in [4.69, 9.17) is 21.3 Å². The summed E-state index contributed by atoms with van der Waals surface area (Å²) < 4.78 is 8.87. The van der Waals surface area contributed by atoms with E-state index in [1.165, 1.54) is 11.1 Å². The molecule has 9 nitrogen and oxygen atoms in total. The number of carbonyl (C=O) groups is 2. The largest absolute Gasteiger partial charge is 0.444 e. The highest BCUT2D eigenvalue weighted by Gasteiger charge is 2.44. The van der Waals surface area contributed by atoms with Gasteiger partial charge in [0.05, 0.1) is 18.1 Å². The van der Waals surface area contributed by atoms with Gasteiger partial charge in [0.15, 0.2) is 0 Å². The van der Waals surface area contributed by atoms with Crippen LogP contribution in [0.3, 0.4) is 0 Å². The Hall–Kier alpha value is -2.95. The number of nitrogens with zero attached hydrogens (tertiary/aromatic N) is 6. The summed E-state index contributed by atoms with van der Waals surface area (Å²) in [7, 11) is 0. The van der Waals surface area contributed by atoms with Crippen LogP contribution >= 0.6 is 27.5 Å². The molecule has 2 fully saturated rings. The summed E-state index contributed by atoms with van der Waals surface area (Å²) >= 11 is 10.1. The summed E-state index contributed by atoms with van der Waals surface area (Å²) in [5.74, 6) is -0.00479. The van der Waals surface area contributed by atoms with Crippen LogP contribution in [0.25, 0.3) is 0 Å². The van der Waals surface area contributed by atoms with Crippen molar-refractivity contribution in [2.24, 2.45) is 0 Å². The lowest BCUT2D eigenvalue weighted by molar-refractivity contribution is -0.143. The number of aromatic nitrogens is 3. The van der Waals surface area contributed by atoms with Crippen LogP contribution in [0.1, 0.15) is 74.9 Å². The topological polar surface area (TPSA) is 83.8 Å². The maximum absolute atomic E-state index is 14.7. The summed E-state index contributed by atoms with van der Waals surface area (Å²) in [5.41, 5.74) is 3.84. The van der Waals surface area contributed by atoms with Crippen molar-refractivity contribution >= 4 is 39.5 Å². The third kappa shape index (κ3) is 7.23. The molecule has 11 heteroatoms. The number of pyridine rings is 1. The maximum Gasteiger partial charge on any atom is 0.411 e. The molecule has 2 saturated heterocycles. The molecule has 3 aliphatic rings. The zero-order chi connectivity index (χ0) is 31.7. The predicted molar refractivity (Wildman–Crippen MR) is 177 cm³/mol. The molecular weight excluding hydrogens is 656 g/mol. The molecule has 0 bridgehead atoms. The number of carbonyl (C=O) groups excluding carboxylic acids is 2. The van der Waals surface area contributed by atoms with Gasteiger partial charge in [-0.3, -0.25) is 19.6 Å². The number of likely N-dealkylation sites (tertiary alicyclic amines) is 1. The van der Waals surface area contributed by atoms with E-state index in [9.17, 15) is 9.59 Å². The molecule has 1 aliphatic carbocycles. The number of rotatable bonds is 5. The van der Waals surface area contributed by atoms with Gasteiger partial charge in [0.1, 0.15) is 11.6 Å². The molecule has 3 aromatic rings. The number of imidazole rings is 1. The molecule has 0 saturated carbocycles. The smallest absolute Gasteiger partial charge is 0.411 e. The molecule has 2 aliphatic heterocycles. The van der Waals surface area contributed by atoms with E-state index in [0.717, 1.165) is 60.8 Å². The summed E-state index contributed by atoms with van der Waals surface area (Å²) in [6.45, 7) is 8.42. The molecule has 3 atom stereocenters. The van der Waals surface area contributed by atoms with Crippen molar-refractivity contribution in [1.29, 1.82) is 0 Å². The van der Waals surface area contributed by atoms with Crippen LogP contribution in [0.5, 0.6) is 0 Å². The first-order valence-corrected chi connectivity index (χ1v) is 17.2. The number of aryl methyl sites for hydroxylation is 3. The maximum atomic E-state index is 14.7. The first-order chi connectivity index (χ1) is 21.6. The molecule has 2 aromatic heterocycles. The zero-order valence-electron chi connectivity index (χ0n) is 26.3. The average molecular weight is 698 g/mol. The molecule has 4 heterocycles. The van der Waals surface area contributed by atoms with E-state index in [1.54, 1.807) is 11.1 Å². The molecule has 0 radical (unpaired) electrons. The Labute approximate surface area is 279 Å². The van der Waals surface area contributed by atoms with Crippen LogP contribution in [0.2, 0.25) is 5.02 Å². The molecule has 2 amide bonds. The van der Waals surface area contributed by atoms with Crippen LogP contribution in [0, 0.1) is 0 Å². The van der Waals surface area contributed by atoms with Gasteiger partial charge in [-0.25, -0.2) is 9.78 Å². The number of ether oxygens (including phenoxy) is 1. The molecule has 2 unspecified atom stereocenters. The quantitative estimate of drug-likeness (QED) is 0.313. The number of halogens is 2. The first kappa shape index (κ1) is 32.0. The number of amides is 2. The summed E-state index contributed by atoms with van der Waals surface area (Å²) in [6, 6.07) is 7.51. The van der Waals surface area contributed by atoms with Crippen LogP contribution in [-0.2, 0) is 28.9 Å². The molecule has 240 valence electrons. The average Bonchev–Trinajstić information content (AvgIpc) is 3.48. The molecule has 1 aromatic carbocycles. The fraction of sp³-hybridized carbons (Fsp3) is 0.529. The van der Waals surface area contributed by atoms with Crippen molar-refractivity contribution < 1.29 is 14.3 Å². The minimum atomic E-state index is -0.680. The van der Waals surface area contributed by atoms with Gasteiger partial charge in [0.2, 0.25) is 5.91 Å². The van der Waals surface area contributed by atoms with E-state index in [-0.39, 0.29) is 18.0 Å². The second-order valence-corrected chi connectivity index (χ2v) is 14.8. The van der Waals surface area contributed by atoms with E-state index in [2.05, 4.69) is 48.6 Å². The summed E-state index contributed by atoms with van der Waals surface area (Å²) in [5, 5.41) is 0.710. The summed E-state index contributed by atoms with van der Waals surface area (Å²) in [4.78, 5) is 43.5. The monoisotopic (exact) mass is 696 g/mol. The molecule has 6 rings (SSSR count). The van der Waals surface area contributed by atoms with Crippen LogP contribution in [-0.4, -0.2) is 85.1 Å². The Kier molecular flexibility index (Phi) is 9.54.